The second-order valence-corrected chi connectivity index (χ2v) is 8.39. The summed E-state index contributed by atoms with van der Waals surface area (Å²) in [5, 5.41) is 1.87. The zero-order valence-corrected chi connectivity index (χ0v) is 16.3. The Morgan fingerprint density at radius 3 is 2.96 bits per heavy atom. The third kappa shape index (κ3) is 3.24. The van der Waals surface area contributed by atoms with E-state index in [0.29, 0.717) is 6.54 Å². The molecule has 1 saturated heterocycles. The summed E-state index contributed by atoms with van der Waals surface area (Å²) in [5.74, 6) is 0.312. The molecule has 2 aliphatic heterocycles. The van der Waals surface area contributed by atoms with Crippen molar-refractivity contribution in [3.63, 3.8) is 0 Å². The van der Waals surface area contributed by atoms with Crippen LogP contribution in [-0.4, -0.2) is 60.8 Å². The van der Waals surface area contributed by atoms with Crippen molar-refractivity contribution in [3.05, 3.63) is 51.9 Å². The van der Waals surface area contributed by atoms with Crippen molar-refractivity contribution >= 4 is 22.2 Å². The van der Waals surface area contributed by atoms with Gasteiger partial charge < -0.3 is 9.47 Å². The van der Waals surface area contributed by atoms with Crippen molar-refractivity contribution < 1.29 is 4.79 Å². The highest BCUT2D eigenvalue weighted by Crippen LogP contribution is 2.22. The Hall–Kier alpha value is -2.52. The van der Waals surface area contributed by atoms with E-state index >= 15 is 0 Å². The van der Waals surface area contributed by atoms with Crippen molar-refractivity contribution in [1.82, 2.24) is 28.7 Å². The van der Waals surface area contributed by atoms with E-state index in [1.807, 2.05) is 22.8 Å². The van der Waals surface area contributed by atoms with Crippen LogP contribution < -0.4 is 5.56 Å². The molecule has 5 heterocycles. The summed E-state index contributed by atoms with van der Waals surface area (Å²) in [6.07, 6.45) is 7.29. The van der Waals surface area contributed by atoms with E-state index in [9.17, 15) is 9.59 Å². The molecule has 5 rings (SSSR count). The van der Waals surface area contributed by atoms with Gasteiger partial charge in [-0.05, 0) is 12.8 Å². The standard InChI is InChI=1S/C19H22N6O2S/c26-17-9-15(21-19-25(17)7-8-28-19)12-22-3-5-23(6-4-22)18(27)14-1-2-16-10-20-13-24(16)11-14/h7-10,13-14H,1-6,11-12H2. The van der Waals surface area contributed by atoms with Gasteiger partial charge in [-0.1, -0.05) is 0 Å². The first kappa shape index (κ1) is 17.6. The first-order valence-electron chi connectivity index (χ1n) is 9.63. The lowest BCUT2D eigenvalue weighted by Gasteiger charge is -2.37. The lowest BCUT2D eigenvalue weighted by molar-refractivity contribution is -0.138. The van der Waals surface area contributed by atoms with Gasteiger partial charge in [0.2, 0.25) is 5.91 Å². The smallest absolute Gasteiger partial charge is 0.258 e. The molecule has 8 nitrogen and oxygen atoms in total. The third-order valence-corrected chi connectivity index (χ3v) is 6.50. The quantitative estimate of drug-likeness (QED) is 0.654. The lowest BCUT2D eigenvalue weighted by Crippen LogP contribution is -2.51. The maximum absolute atomic E-state index is 12.9. The van der Waals surface area contributed by atoms with Gasteiger partial charge >= 0.3 is 0 Å². The van der Waals surface area contributed by atoms with Crippen LogP contribution in [0.1, 0.15) is 17.8 Å². The van der Waals surface area contributed by atoms with Crippen LogP contribution in [0.4, 0.5) is 0 Å². The number of imidazole rings is 1. The zero-order valence-electron chi connectivity index (χ0n) is 15.5. The average Bonchev–Trinajstić information content (AvgIpc) is 3.37. The molecule has 1 atom stereocenters. The van der Waals surface area contributed by atoms with Gasteiger partial charge in [0.1, 0.15) is 0 Å². The van der Waals surface area contributed by atoms with E-state index < -0.39 is 0 Å². The van der Waals surface area contributed by atoms with Crippen LogP contribution in [0, 0.1) is 5.92 Å². The summed E-state index contributed by atoms with van der Waals surface area (Å²) in [7, 11) is 0. The van der Waals surface area contributed by atoms with Crippen LogP contribution in [0.2, 0.25) is 0 Å². The summed E-state index contributed by atoms with van der Waals surface area (Å²) in [4.78, 5) is 38.8. The number of aromatic nitrogens is 4. The van der Waals surface area contributed by atoms with Gasteiger partial charge in [0.25, 0.3) is 5.56 Å². The molecule has 1 amide bonds. The molecule has 0 spiro atoms. The number of aryl methyl sites for hydroxylation is 1. The fourth-order valence-electron chi connectivity index (χ4n) is 4.16. The normalized spacial score (nSPS) is 20.4. The van der Waals surface area contributed by atoms with Crippen molar-refractivity contribution in [2.24, 2.45) is 5.92 Å². The lowest BCUT2D eigenvalue weighted by atomic mass is 9.96. The molecule has 3 aromatic rings. The first-order chi connectivity index (χ1) is 13.7. The van der Waals surface area contributed by atoms with E-state index in [1.54, 1.807) is 16.7 Å². The minimum absolute atomic E-state index is 0.0359. The Morgan fingerprint density at radius 2 is 2.11 bits per heavy atom. The van der Waals surface area contributed by atoms with E-state index in [0.717, 1.165) is 56.2 Å². The van der Waals surface area contributed by atoms with Crippen molar-refractivity contribution in [2.45, 2.75) is 25.9 Å². The number of thiazole rings is 1. The molecule has 0 aliphatic carbocycles. The number of carbonyl (C=O) groups excluding carboxylic acids is 1. The highest BCUT2D eigenvalue weighted by Gasteiger charge is 2.30. The number of hydrogen-bond donors (Lipinski definition) is 0. The number of carbonyl (C=O) groups is 1. The number of fused-ring (bicyclic) bond motifs is 2. The summed E-state index contributed by atoms with van der Waals surface area (Å²) in [6, 6.07) is 1.61. The van der Waals surface area contributed by atoms with E-state index in [4.69, 9.17) is 0 Å². The van der Waals surface area contributed by atoms with Crippen LogP contribution in [0.3, 0.4) is 0 Å². The largest absolute Gasteiger partial charge is 0.340 e. The van der Waals surface area contributed by atoms with Gasteiger partial charge in [0.15, 0.2) is 4.96 Å². The van der Waals surface area contributed by atoms with Gasteiger partial charge in [-0.2, -0.15) is 0 Å². The van der Waals surface area contributed by atoms with Crippen LogP contribution in [0.15, 0.2) is 35.0 Å². The van der Waals surface area contributed by atoms with E-state index in [-0.39, 0.29) is 17.4 Å². The van der Waals surface area contributed by atoms with Gasteiger partial charge in [0, 0.05) is 68.8 Å². The first-order valence-corrected chi connectivity index (χ1v) is 10.5. The molecule has 28 heavy (non-hydrogen) atoms. The second kappa shape index (κ2) is 7.14. The Bertz CT molecular complexity index is 1060. The number of nitrogens with zero attached hydrogens (tertiary/aromatic N) is 6. The fraction of sp³-hybridized carbons (Fsp3) is 0.474. The minimum Gasteiger partial charge on any atom is -0.340 e. The van der Waals surface area contributed by atoms with Gasteiger partial charge in [-0.15, -0.1) is 11.3 Å². The van der Waals surface area contributed by atoms with Crippen LogP contribution in [0.25, 0.3) is 4.96 Å². The predicted octanol–water partition coefficient (Wildman–Crippen LogP) is 0.859. The molecule has 0 bridgehead atoms. The van der Waals surface area contributed by atoms with E-state index in [2.05, 4.69) is 19.4 Å². The van der Waals surface area contributed by atoms with Crippen LogP contribution in [0.5, 0.6) is 0 Å². The van der Waals surface area contributed by atoms with Gasteiger partial charge in [-0.25, -0.2) is 9.97 Å². The monoisotopic (exact) mass is 398 g/mol. The molecular weight excluding hydrogens is 376 g/mol. The van der Waals surface area contributed by atoms with Crippen molar-refractivity contribution in [1.29, 1.82) is 0 Å². The highest BCUT2D eigenvalue weighted by molar-refractivity contribution is 7.15. The molecule has 0 aromatic carbocycles. The molecule has 1 fully saturated rings. The Balaban J connectivity index is 1.19. The molecule has 1 unspecified atom stereocenters. The molecule has 0 N–H and O–H groups in total. The van der Waals surface area contributed by atoms with Crippen LogP contribution >= 0.6 is 11.3 Å². The highest BCUT2D eigenvalue weighted by atomic mass is 32.1. The second-order valence-electron chi connectivity index (χ2n) is 7.52. The van der Waals surface area contributed by atoms with E-state index in [1.165, 1.54) is 17.0 Å². The maximum Gasteiger partial charge on any atom is 0.258 e. The summed E-state index contributed by atoms with van der Waals surface area (Å²) in [5.41, 5.74) is 1.98. The van der Waals surface area contributed by atoms with Crippen LogP contribution in [-0.2, 0) is 24.3 Å². The SMILES string of the molecule is O=C(C1CCc2cncn2C1)N1CCN(Cc2cc(=O)n3ccsc3n2)CC1. The molecule has 0 saturated carbocycles. The Kier molecular flexibility index (Phi) is 4.48. The topological polar surface area (TPSA) is 75.7 Å². The fourth-order valence-corrected chi connectivity index (χ4v) is 4.89. The zero-order chi connectivity index (χ0) is 19.1. The number of amides is 1. The third-order valence-electron chi connectivity index (χ3n) is 5.74. The summed E-state index contributed by atoms with van der Waals surface area (Å²) < 4.78 is 3.67. The summed E-state index contributed by atoms with van der Waals surface area (Å²) in [6.45, 7) is 4.45. The minimum atomic E-state index is -0.0359. The number of rotatable bonds is 3. The molecule has 3 aromatic heterocycles. The van der Waals surface area contributed by atoms with Crippen molar-refractivity contribution in [2.75, 3.05) is 26.2 Å². The molecule has 0 radical (unpaired) electrons. The molecule has 146 valence electrons. The van der Waals surface area contributed by atoms with Gasteiger partial charge in [0.05, 0.1) is 17.9 Å². The average molecular weight is 398 g/mol. The molecule has 9 heteroatoms. The Labute approximate surface area is 166 Å². The Morgan fingerprint density at radius 1 is 1.25 bits per heavy atom. The van der Waals surface area contributed by atoms with Crippen molar-refractivity contribution in [3.8, 4) is 0 Å². The molecular formula is C19H22N6O2S. The predicted molar refractivity (Wildman–Crippen MR) is 105 cm³/mol. The molecule has 2 aliphatic rings. The number of piperazine rings is 1. The van der Waals surface area contributed by atoms with Gasteiger partial charge in [-0.3, -0.25) is 18.9 Å². The number of hydrogen-bond acceptors (Lipinski definition) is 6. The maximum atomic E-state index is 12.9. The summed E-state index contributed by atoms with van der Waals surface area (Å²) >= 11 is 1.47.